The quantitative estimate of drug-likeness (QED) is 0.409. The van der Waals surface area contributed by atoms with Crippen molar-refractivity contribution in [2.24, 2.45) is 12.1 Å². The SMILES string of the molecule is C/C(=N\NC(=O)c1ccc(C(=O)O)cc1)c1nn(C)c(-c2ccc(C(F)(F)F)cc2)c1O. The molecule has 11 heteroatoms. The Morgan fingerprint density at radius 1 is 1.03 bits per heavy atom. The Labute approximate surface area is 179 Å². The van der Waals surface area contributed by atoms with Gasteiger partial charge in [-0.25, -0.2) is 10.2 Å². The number of hydrogen-bond acceptors (Lipinski definition) is 5. The summed E-state index contributed by atoms with van der Waals surface area (Å²) < 4.78 is 39.6. The highest BCUT2D eigenvalue weighted by molar-refractivity contribution is 6.02. The fourth-order valence-electron chi connectivity index (χ4n) is 2.91. The number of aromatic nitrogens is 2. The first-order valence-electron chi connectivity index (χ1n) is 9.11. The number of benzene rings is 2. The average Bonchev–Trinajstić information content (AvgIpc) is 3.05. The molecule has 0 aliphatic rings. The van der Waals surface area contributed by atoms with E-state index in [1.165, 1.54) is 55.1 Å². The van der Waals surface area contributed by atoms with Gasteiger partial charge in [0.15, 0.2) is 11.4 Å². The van der Waals surface area contributed by atoms with Gasteiger partial charge in [0.1, 0.15) is 5.69 Å². The molecule has 0 saturated heterocycles. The Morgan fingerprint density at radius 3 is 2.12 bits per heavy atom. The molecule has 1 aromatic heterocycles. The van der Waals surface area contributed by atoms with Crippen LogP contribution in [0.15, 0.2) is 53.6 Å². The Hall–Kier alpha value is -4.15. The number of hydrazone groups is 1. The van der Waals surface area contributed by atoms with E-state index in [-0.39, 0.29) is 34.0 Å². The van der Waals surface area contributed by atoms with Crippen LogP contribution in [0, 0.1) is 0 Å². The lowest BCUT2D eigenvalue weighted by Gasteiger charge is -2.08. The first kappa shape index (κ1) is 22.5. The molecule has 2 aromatic carbocycles. The standard InChI is InChI=1S/C21H17F3N4O4/c1-11(25-26-19(30)13-3-5-14(6-4-13)20(31)32)16-18(29)17(28(2)27-16)12-7-9-15(10-8-12)21(22,23)24/h3-10,29H,1-2H3,(H,26,30)(H,31,32)/b25-11+. The van der Waals surface area contributed by atoms with E-state index in [1.807, 2.05) is 0 Å². The molecule has 166 valence electrons. The van der Waals surface area contributed by atoms with Crippen molar-refractivity contribution in [1.29, 1.82) is 0 Å². The van der Waals surface area contributed by atoms with Gasteiger partial charge in [-0.2, -0.15) is 23.4 Å². The van der Waals surface area contributed by atoms with E-state index in [0.717, 1.165) is 12.1 Å². The lowest BCUT2D eigenvalue weighted by Crippen LogP contribution is -2.19. The molecule has 0 saturated carbocycles. The summed E-state index contributed by atoms with van der Waals surface area (Å²) in [6.07, 6.45) is -4.48. The maximum absolute atomic E-state index is 12.8. The van der Waals surface area contributed by atoms with Gasteiger partial charge in [-0.3, -0.25) is 9.48 Å². The first-order chi connectivity index (χ1) is 15.0. The number of carboxylic acid groups (broad SMARTS) is 1. The number of nitrogens with one attached hydrogen (secondary N) is 1. The summed E-state index contributed by atoms with van der Waals surface area (Å²) in [6, 6.07) is 9.44. The lowest BCUT2D eigenvalue weighted by molar-refractivity contribution is -0.137. The van der Waals surface area contributed by atoms with Crippen LogP contribution in [0.1, 0.15) is 38.9 Å². The van der Waals surface area contributed by atoms with Crippen molar-refractivity contribution < 1.29 is 33.0 Å². The van der Waals surface area contributed by atoms with Crippen LogP contribution >= 0.6 is 0 Å². The Kier molecular flexibility index (Phi) is 6.01. The van der Waals surface area contributed by atoms with Crippen LogP contribution in [-0.2, 0) is 13.2 Å². The zero-order valence-corrected chi connectivity index (χ0v) is 16.8. The number of carbonyl (C=O) groups excluding carboxylic acids is 1. The predicted octanol–water partition coefficient (Wildman–Crippen LogP) is 3.66. The van der Waals surface area contributed by atoms with Crippen LogP contribution in [0.3, 0.4) is 0 Å². The molecule has 0 bridgehead atoms. The van der Waals surface area contributed by atoms with Gasteiger partial charge < -0.3 is 10.2 Å². The summed E-state index contributed by atoms with van der Waals surface area (Å²) in [7, 11) is 1.51. The molecule has 32 heavy (non-hydrogen) atoms. The molecular formula is C21H17F3N4O4. The summed E-state index contributed by atoms with van der Waals surface area (Å²) in [5.74, 6) is -2.05. The minimum absolute atomic E-state index is 0.0236. The molecular weight excluding hydrogens is 429 g/mol. The highest BCUT2D eigenvalue weighted by atomic mass is 19.4. The van der Waals surface area contributed by atoms with Crippen LogP contribution in [0.4, 0.5) is 13.2 Å². The fourth-order valence-corrected chi connectivity index (χ4v) is 2.91. The molecule has 3 rings (SSSR count). The molecule has 0 radical (unpaired) electrons. The van der Waals surface area contributed by atoms with Crippen molar-refractivity contribution in [3.8, 4) is 17.0 Å². The summed E-state index contributed by atoms with van der Waals surface area (Å²) in [4.78, 5) is 23.1. The summed E-state index contributed by atoms with van der Waals surface area (Å²) in [5.41, 5.74) is 2.32. The van der Waals surface area contributed by atoms with Crippen molar-refractivity contribution in [3.63, 3.8) is 0 Å². The normalized spacial score (nSPS) is 12.0. The van der Waals surface area contributed by atoms with Gasteiger partial charge in [0, 0.05) is 18.2 Å². The van der Waals surface area contributed by atoms with E-state index in [9.17, 15) is 27.9 Å². The number of alkyl halides is 3. The molecule has 3 aromatic rings. The average molecular weight is 446 g/mol. The second-order valence-corrected chi connectivity index (χ2v) is 6.77. The van der Waals surface area contributed by atoms with Crippen molar-refractivity contribution in [2.75, 3.05) is 0 Å². The number of aromatic hydroxyl groups is 1. The number of aromatic carboxylic acids is 1. The zero-order chi connectivity index (χ0) is 23.6. The zero-order valence-electron chi connectivity index (χ0n) is 16.8. The van der Waals surface area contributed by atoms with E-state index >= 15 is 0 Å². The number of nitrogens with zero attached hydrogens (tertiary/aromatic N) is 3. The summed E-state index contributed by atoms with van der Waals surface area (Å²) >= 11 is 0. The van der Waals surface area contributed by atoms with E-state index in [1.54, 1.807) is 0 Å². The largest absolute Gasteiger partial charge is 0.504 e. The third-order valence-electron chi connectivity index (χ3n) is 4.57. The molecule has 1 amide bonds. The minimum Gasteiger partial charge on any atom is -0.504 e. The van der Waals surface area contributed by atoms with Gasteiger partial charge in [-0.05, 0) is 43.3 Å². The van der Waals surface area contributed by atoms with Crippen molar-refractivity contribution in [2.45, 2.75) is 13.1 Å². The van der Waals surface area contributed by atoms with Crippen LogP contribution < -0.4 is 5.43 Å². The van der Waals surface area contributed by atoms with E-state index in [4.69, 9.17) is 5.11 Å². The van der Waals surface area contributed by atoms with Crippen LogP contribution in [0.2, 0.25) is 0 Å². The van der Waals surface area contributed by atoms with E-state index in [0.29, 0.717) is 5.56 Å². The van der Waals surface area contributed by atoms with Crippen LogP contribution in [0.25, 0.3) is 11.3 Å². The van der Waals surface area contributed by atoms with E-state index in [2.05, 4.69) is 15.6 Å². The Morgan fingerprint density at radius 2 is 1.59 bits per heavy atom. The fraction of sp³-hybridized carbons (Fsp3) is 0.143. The summed E-state index contributed by atoms with van der Waals surface area (Å²) in [6.45, 7) is 1.48. The molecule has 3 N–H and O–H groups in total. The maximum Gasteiger partial charge on any atom is 0.416 e. The molecule has 0 aliphatic heterocycles. The van der Waals surface area contributed by atoms with Crippen molar-refractivity contribution in [3.05, 3.63) is 70.9 Å². The molecule has 0 atom stereocenters. The first-order valence-corrected chi connectivity index (χ1v) is 9.11. The van der Waals surface area contributed by atoms with Gasteiger partial charge in [0.2, 0.25) is 0 Å². The number of halogens is 3. The molecule has 0 spiro atoms. The minimum atomic E-state index is -4.48. The molecule has 0 unspecified atom stereocenters. The number of rotatable bonds is 5. The maximum atomic E-state index is 12.8. The van der Waals surface area contributed by atoms with Crippen molar-refractivity contribution in [1.82, 2.24) is 15.2 Å². The topological polar surface area (TPSA) is 117 Å². The third kappa shape index (κ3) is 4.61. The highest BCUT2D eigenvalue weighted by Gasteiger charge is 2.30. The number of carbonyl (C=O) groups is 2. The van der Waals surface area contributed by atoms with E-state index < -0.39 is 23.6 Å². The molecule has 0 fully saturated rings. The number of carboxylic acids is 1. The highest BCUT2D eigenvalue weighted by Crippen LogP contribution is 2.35. The Bertz CT molecular complexity index is 1200. The third-order valence-corrected chi connectivity index (χ3v) is 4.57. The monoisotopic (exact) mass is 446 g/mol. The van der Waals surface area contributed by atoms with Crippen LogP contribution in [0.5, 0.6) is 5.75 Å². The number of aryl methyl sites for hydroxylation is 1. The van der Waals surface area contributed by atoms with Gasteiger partial charge in [-0.1, -0.05) is 12.1 Å². The smallest absolute Gasteiger partial charge is 0.416 e. The summed E-state index contributed by atoms with van der Waals surface area (Å²) in [5, 5.41) is 27.5. The molecule has 8 nitrogen and oxygen atoms in total. The lowest BCUT2D eigenvalue weighted by atomic mass is 10.1. The number of hydrogen-bond donors (Lipinski definition) is 3. The molecule has 1 heterocycles. The molecule has 0 aliphatic carbocycles. The van der Waals surface area contributed by atoms with Gasteiger partial charge in [-0.15, -0.1) is 0 Å². The second-order valence-electron chi connectivity index (χ2n) is 6.77. The predicted molar refractivity (Wildman–Crippen MR) is 108 cm³/mol. The van der Waals surface area contributed by atoms with Gasteiger partial charge >= 0.3 is 12.1 Å². The van der Waals surface area contributed by atoms with Crippen LogP contribution in [-0.4, -0.2) is 37.6 Å². The van der Waals surface area contributed by atoms with Gasteiger partial charge in [0.25, 0.3) is 5.91 Å². The van der Waals surface area contributed by atoms with Gasteiger partial charge in [0.05, 0.1) is 16.8 Å². The second kappa shape index (κ2) is 8.53. The van der Waals surface area contributed by atoms with Crippen molar-refractivity contribution >= 4 is 17.6 Å². The Balaban J connectivity index is 1.81. The number of amides is 1.